The Labute approximate surface area is 110 Å². The van der Waals surface area contributed by atoms with Crippen molar-refractivity contribution in [2.75, 3.05) is 25.5 Å². The standard InChI is InChI=1S/C12H15N3O4/c1-3-6-13-8-12(16)14-10-5-4-9(19-2)7-11(10)15(17)18/h3-5,7,13H,1,6,8H2,2H3,(H,14,16). The summed E-state index contributed by atoms with van der Waals surface area (Å²) < 4.78 is 4.90. The zero-order chi connectivity index (χ0) is 14.3. The predicted octanol–water partition coefficient (Wildman–Crippen LogP) is 1.32. The summed E-state index contributed by atoms with van der Waals surface area (Å²) in [5.41, 5.74) is -0.0763. The summed E-state index contributed by atoms with van der Waals surface area (Å²) in [6.45, 7) is 4.04. The zero-order valence-corrected chi connectivity index (χ0v) is 10.5. The van der Waals surface area contributed by atoms with E-state index in [2.05, 4.69) is 17.2 Å². The van der Waals surface area contributed by atoms with E-state index >= 15 is 0 Å². The van der Waals surface area contributed by atoms with Gasteiger partial charge in [-0.25, -0.2) is 0 Å². The fraction of sp³-hybridized carbons (Fsp3) is 0.250. The van der Waals surface area contributed by atoms with Crippen LogP contribution in [0.2, 0.25) is 0 Å². The average molecular weight is 265 g/mol. The van der Waals surface area contributed by atoms with E-state index in [1.807, 2.05) is 0 Å². The van der Waals surface area contributed by atoms with Crippen LogP contribution >= 0.6 is 0 Å². The highest BCUT2D eigenvalue weighted by molar-refractivity contribution is 5.94. The maximum absolute atomic E-state index is 11.6. The molecule has 0 fully saturated rings. The van der Waals surface area contributed by atoms with E-state index < -0.39 is 4.92 Å². The molecule has 1 aromatic carbocycles. The van der Waals surface area contributed by atoms with Gasteiger partial charge in [-0.3, -0.25) is 14.9 Å². The number of benzene rings is 1. The fourth-order valence-corrected chi connectivity index (χ4v) is 1.38. The summed E-state index contributed by atoms with van der Waals surface area (Å²) in [6, 6.07) is 4.23. The molecule has 0 spiro atoms. The molecule has 1 rings (SSSR count). The number of carbonyl (C=O) groups is 1. The number of ether oxygens (including phenoxy) is 1. The number of nitrogens with zero attached hydrogens (tertiary/aromatic N) is 1. The summed E-state index contributed by atoms with van der Waals surface area (Å²) in [4.78, 5) is 21.9. The molecule has 0 aliphatic heterocycles. The number of hydrogen-bond acceptors (Lipinski definition) is 5. The Kier molecular flexibility index (Phi) is 5.49. The molecule has 2 N–H and O–H groups in total. The first kappa shape index (κ1) is 14.7. The van der Waals surface area contributed by atoms with Crippen molar-refractivity contribution in [1.82, 2.24) is 5.32 Å². The molecular weight excluding hydrogens is 250 g/mol. The lowest BCUT2D eigenvalue weighted by Gasteiger charge is -2.07. The second-order valence-corrected chi connectivity index (χ2v) is 3.61. The van der Waals surface area contributed by atoms with Crippen molar-refractivity contribution in [3.63, 3.8) is 0 Å². The minimum Gasteiger partial charge on any atom is -0.496 e. The van der Waals surface area contributed by atoms with Crippen molar-refractivity contribution < 1.29 is 14.5 Å². The van der Waals surface area contributed by atoms with Gasteiger partial charge in [0.15, 0.2) is 0 Å². The molecule has 0 heterocycles. The van der Waals surface area contributed by atoms with Gasteiger partial charge in [0, 0.05) is 6.54 Å². The van der Waals surface area contributed by atoms with Crippen molar-refractivity contribution in [3.05, 3.63) is 41.0 Å². The maximum atomic E-state index is 11.6. The molecule has 7 nitrogen and oxygen atoms in total. The van der Waals surface area contributed by atoms with Crippen LogP contribution in [0.25, 0.3) is 0 Å². The van der Waals surface area contributed by atoms with Gasteiger partial charge in [-0.2, -0.15) is 0 Å². The van der Waals surface area contributed by atoms with Gasteiger partial charge >= 0.3 is 0 Å². The Hall–Kier alpha value is -2.41. The highest BCUT2D eigenvalue weighted by atomic mass is 16.6. The average Bonchev–Trinajstić information content (AvgIpc) is 2.39. The van der Waals surface area contributed by atoms with Gasteiger partial charge in [0.05, 0.1) is 24.6 Å². The van der Waals surface area contributed by atoms with Gasteiger partial charge in [0.1, 0.15) is 11.4 Å². The Morgan fingerprint density at radius 1 is 1.58 bits per heavy atom. The van der Waals surface area contributed by atoms with Gasteiger partial charge in [0.25, 0.3) is 5.69 Å². The third-order valence-corrected chi connectivity index (χ3v) is 2.25. The van der Waals surface area contributed by atoms with E-state index in [4.69, 9.17) is 4.74 Å². The van der Waals surface area contributed by atoms with Crippen molar-refractivity contribution in [3.8, 4) is 5.75 Å². The molecule has 0 aliphatic rings. The number of anilines is 1. The van der Waals surface area contributed by atoms with Crippen molar-refractivity contribution >= 4 is 17.3 Å². The van der Waals surface area contributed by atoms with Crippen molar-refractivity contribution in [2.24, 2.45) is 0 Å². The molecule has 0 unspecified atom stereocenters. The van der Waals surface area contributed by atoms with Gasteiger partial charge in [0.2, 0.25) is 5.91 Å². The zero-order valence-electron chi connectivity index (χ0n) is 10.5. The third-order valence-electron chi connectivity index (χ3n) is 2.25. The molecule has 0 aliphatic carbocycles. The lowest BCUT2D eigenvalue weighted by Crippen LogP contribution is -2.28. The number of hydrogen-bond donors (Lipinski definition) is 2. The summed E-state index contributed by atoms with van der Waals surface area (Å²) in [7, 11) is 1.41. The first-order valence-corrected chi connectivity index (χ1v) is 5.52. The third kappa shape index (κ3) is 4.40. The Bertz CT molecular complexity index is 488. The minimum atomic E-state index is -0.574. The van der Waals surface area contributed by atoms with Crippen LogP contribution in [0.3, 0.4) is 0 Å². The number of nitro benzene ring substituents is 1. The van der Waals surface area contributed by atoms with Gasteiger partial charge in [-0.15, -0.1) is 6.58 Å². The van der Waals surface area contributed by atoms with Crippen molar-refractivity contribution in [1.29, 1.82) is 0 Å². The van der Waals surface area contributed by atoms with E-state index in [9.17, 15) is 14.9 Å². The highest BCUT2D eigenvalue weighted by Crippen LogP contribution is 2.28. The van der Waals surface area contributed by atoms with Crippen LogP contribution in [0.15, 0.2) is 30.9 Å². The molecule has 1 amide bonds. The molecule has 0 saturated carbocycles. The normalized spacial score (nSPS) is 9.74. The van der Waals surface area contributed by atoms with Crippen LogP contribution in [0, 0.1) is 10.1 Å². The molecule has 0 aromatic heterocycles. The molecule has 0 atom stereocenters. The molecular formula is C12H15N3O4. The maximum Gasteiger partial charge on any atom is 0.296 e. The summed E-state index contributed by atoms with van der Waals surface area (Å²) in [6.07, 6.45) is 1.61. The molecule has 19 heavy (non-hydrogen) atoms. The smallest absolute Gasteiger partial charge is 0.296 e. The summed E-state index contributed by atoms with van der Waals surface area (Å²) in [5, 5.41) is 16.2. The molecule has 1 aromatic rings. The van der Waals surface area contributed by atoms with E-state index in [0.717, 1.165) is 0 Å². The first-order valence-electron chi connectivity index (χ1n) is 5.52. The molecule has 0 bridgehead atoms. The van der Waals surface area contributed by atoms with Crippen LogP contribution in [0.5, 0.6) is 5.75 Å². The second-order valence-electron chi connectivity index (χ2n) is 3.61. The van der Waals surface area contributed by atoms with E-state index in [1.54, 1.807) is 12.1 Å². The molecule has 0 radical (unpaired) electrons. The largest absolute Gasteiger partial charge is 0.496 e. The topological polar surface area (TPSA) is 93.5 Å². The van der Waals surface area contributed by atoms with Crippen LogP contribution in [-0.2, 0) is 4.79 Å². The first-order chi connectivity index (χ1) is 9.08. The van der Waals surface area contributed by atoms with E-state index in [-0.39, 0.29) is 23.8 Å². The summed E-state index contributed by atoms with van der Waals surface area (Å²) >= 11 is 0. The monoisotopic (exact) mass is 265 g/mol. The van der Waals surface area contributed by atoms with Gasteiger partial charge in [-0.05, 0) is 12.1 Å². The van der Waals surface area contributed by atoms with Crippen LogP contribution in [0.4, 0.5) is 11.4 Å². The number of amides is 1. The SMILES string of the molecule is C=CCNCC(=O)Nc1ccc(OC)cc1[N+](=O)[O-]. The lowest BCUT2D eigenvalue weighted by atomic mass is 10.2. The minimum absolute atomic E-state index is 0.0508. The van der Waals surface area contributed by atoms with E-state index in [0.29, 0.717) is 12.3 Å². The number of rotatable bonds is 7. The quantitative estimate of drug-likeness (QED) is 0.335. The molecule has 102 valence electrons. The molecule has 7 heteroatoms. The predicted molar refractivity (Wildman–Crippen MR) is 71.3 cm³/mol. The number of nitro groups is 1. The lowest BCUT2D eigenvalue weighted by molar-refractivity contribution is -0.384. The number of methoxy groups -OCH3 is 1. The number of nitrogens with one attached hydrogen (secondary N) is 2. The van der Waals surface area contributed by atoms with Crippen LogP contribution < -0.4 is 15.4 Å². The number of carbonyl (C=O) groups excluding carboxylic acids is 1. The second kappa shape index (κ2) is 7.12. The Morgan fingerprint density at radius 2 is 2.32 bits per heavy atom. The van der Waals surface area contributed by atoms with Crippen LogP contribution in [0.1, 0.15) is 0 Å². The fourth-order valence-electron chi connectivity index (χ4n) is 1.38. The Balaban J connectivity index is 2.79. The van der Waals surface area contributed by atoms with Crippen LogP contribution in [-0.4, -0.2) is 31.0 Å². The summed E-state index contributed by atoms with van der Waals surface area (Å²) in [5.74, 6) is -0.00963. The highest BCUT2D eigenvalue weighted by Gasteiger charge is 2.16. The Morgan fingerprint density at radius 3 is 2.89 bits per heavy atom. The molecule has 0 saturated heterocycles. The van der Waals surface area contributed by atoms with Gasteiger partial charge < -0.3 is 15.4 Å². The van der Waals surface area contributed by atoms with Crippen molar-refractivity contribution in [2.45, 2.75) is 0 Å². The van der Waals surface area contributed by atoms with E-state index in [1.165, 1.54) is 19.2 Å². The van der Waals surface area contributed by atoms with Gasteiger partial charge in [-0.1, -0.05) is 6.08 Å².